The van der Waals surface area contributed by atoms with E-state index in [1.807, 2.05) is 45.0 Å². The highest BCUT2D eigenvalue weighted by Crippen LogP contribution is 2.15. The van der Waals surface area contributed by atoms with Crippen molar-refractivity contribution in [2.24, 2.45) is 5.41 Å². The second kappa shape index (κ2) is 11.9. The summed E-state index contributed by atoms with van der Waals surface area (Å²) in [4.78, 5) is 26.2. The molecule has 1 aliphatic rings. The number of ether oxygens (including phenoxy) is 2. The molecule has 2 N–H and O–H groups in total. The largest absolute Gasteiger partial charge is 0.492 e. The SMILES string of the molecule is CN(CCOc1cccc(CNC(=O)CCNC(=O)C(C)(C)C)c1)C1CCOCC1. The Bertz CT molecular complexity index is 681. The van der Waals surface area contributed by atoms with Crippen LogP contribution in [0.2, 0.25) is 0 Å². The molecule has 1 saturated heterocycles. The van der Waals surface area contributed by atoms with E-state index in [1.165, 1.54) is 0 Å². The van der Waals surface area contributed by atoms with Crippen LogP contribution >= 0.6 is 0 Å². The lowest BCUT2D eigenvalue weighted by molar-refractivity contribution is -0.128. The molecule has 1 heterocycles. The molecular formula is C23H37N3O4. The van der Waals surface area contributed by atoms with Crippen LogP contribution in [-0.4, -0.2) is 62.7 Å². The maximum Gasteiger partial charge on any atom is 0.225 e. The van der Waals surface area contributed by atoms with Gasteiger partial charge in [0.2, 0.25) is 11.8 Å². The minimum Gasteiger partial charge on any atom is -0.492 e. The number of amides is 2. The van der Waals surface area contributed by atoms with Crippen molar-refractivity contribution in [2.45, 2.75) is 52.6 Å². The second-order valence-corrected chi connectivity index (χ2v) is 8.85. The molecule has 1 aliphatic heterocycles. The Morgan fingerprint density at radius 1 is 1.20 bits per heavy atom. The highest BCUT2D eigenvalue weighted by molar-refractivity contribution is 5.82. The van der Waals surface area contributed by atoms with E-state index in [2.05, 4.69) is 22.6 Å². The first-order valence-corrected chi connectivity index (χ1v) is 10.8. The van der Waals surface area contributed by atoms with Gasteiger partial charge in [-0.3, -0.25) is 14.5 Å². The van der Waals surface area contributed by atoms with Gasteiger partial charge in [0.1, 0.15) is 12.4 Å². The zero-order valence-electron chi connectivity index (χ0n) is 18.8. The lowest BCUT2D eigenvalue weighted by Crippen LogP contribution is -2.38. The third-order valence-corrected chi connectivity index (χ3v) is 5.23. The van der Waals surface area contributed by atoms with Gasteiger partial charge in [0.05, 0.1) is 0 Å². The molecule has 0 unspecified atom stereocenters. The first-order chi connectivity index (χ1) is 14.3. The molecule has 0 bridgehead atoms. The molecule has 7 nitrogen and oxygen atoms in total. The number of carbonyl (C=O) groups excluding carboxylic acids is 2. The third-order valence-electron chi connectivity index (χ3n) is 5.23. The molecule has 1 aromatic rings. The van der Waals surface area contributed by atoms with Crippen molar-refractivity contribution in [3.05, 3.63) is 29.8 Å². The predicted octanol–water partition coefficient (Wildman–Crippen LogP) is 2.34. The van der Waals surface area contributed by atoms with Crippen molar-refractivity contribution in [1.29, 1.82) is 0 Å². The molecule has 0 radical (unpaired) electrons. The summed E-state index contributed by atoms with van der Waals surface area (Å²) >= 11 is 0. The fraction of sp³-hybridized carbons (Fsp3) is 0.652. The van der Waals surface area contributed by atoms with Crippen LogP contribution in [0, 0.1) is 5.41 Å². The number of hydrogen-bond acceptors (Lipinski definition) is 5. The molecule has 168 valence electrons. The molecular weight excluding hydrogens is 382 g/mol. The lowest BCUT2D eigenvalue weighted by Gasteiger charge is -2.31. The predicted molar refractivity (Wildman–Crippen MR) is 117 cm³/mol. The van der Waals surface area contributed by atoms with Crippen LogP contribution in [-0.2, 0) is 20.9 Å². The van der Waals surface area contributed by atoms with Crippen LogP contribution in [0.25, 0.3) is 0 Å². The Hall–Kier alpha value is -2.12. The summed E-state index contributed by atoms with van der Waals surface area (Å²) in [6, 6.07) is 8.35. The molecule has 30 heavy (non-hydrogen) atoms. The van der Waals surface area contributed by atoms with Crippen molar-refractivity contribution < 1.29 is 19.1 Å². The molecule has 2 amide bonds. The highest BCUT2D eigenvalue weighted by Gasteiger charge is 2.20. The van der Waals surface area contributed by atoms with Gasteiger partial charge in [-0.1, -0.05) is 32.9 Å². The minimum absolute atomic E-state index is 0.0531. The van der Waals surface area contributed by atoms with Gasteiger partial charge in [-0.15, -0.1) is 0 Å². The number of nitrogens with one attached hydrogen (secondary N) is 2. The average molecular weight is 420 g/mol. The molecule has 0 aromatic heterocycles. The summed E-state index contributed by atoms with van der Waals surface area (Å²) in [6.45, 7) is 9.49. The van der Waals surface area contributed by atoms with Gasteiger partial charge >= 0.3 is 0 Å². The van der Waals surface area contributed by atoms with Gasteiger partial charge in [-0.05, 0) is 37.6 Å². The zero-order valence-corrected chi connectivity index (χ0v) is 18.8. The fourth-order valence-electron chi connectivity index (χ4n) is 3.20. The van der Waals surface area contributed by atoms with E-state index < -0.39 is 5.41 Å². The first kappa shape index (κ1) is 24.2. The van der Waals surface area contributed by atoms with Crippen molar-refractivity contribution in [3.63, 3.8) is 0 Å². The smallest absolute Gasteiger partial charge is 0.225 e. The lowest BCUT2D eigenvalue weighted by atomic mass is 9.96. The summed E-state index contributed by atoms with van der Waals surface area (Å²) in [7, 11) is 2.13. The number of benzene rings is 1. The highest BCUT2D eigenvalue weighted by atomic mass is 16.5. The Morgan fingerprint density at radius 3 is 2.63 bits per heavy atom. The fourth-order valence-corrected chi connectivity index (χ4v) is 3.20. The maximum atomic E-state index is 12.0. The average Bonchev–Trinajstić information content (AvgIpc) is 2.72. The summed E-state index contributed by atoms with van der Waals surface area (Å²) in [5.74, 6) is 0.663. The topological polar surface area (TPSA) is 79.9 Å². The van der Waals surface area contributed by atoms with E-state index >= 15 is 0 Å². The Morgan fingerprint density at radius 2 is 1.93 bits per heavy atom. The summed E-state index contributed by atoms with van der Waals surface area (Å²) in [6.07, 6.45) is 2.41. The van der Waals surface area contributed by atoms with E-state index in [1.54, 1.807) is 0 Å². The van der Waals surface area contributed by atoms with Gasteiger partial charge in [0, 0.05) is 50.7 Å². The van der Waals surface area contributed by atoms with Crippen LogP contribution in [0.4, 0.5) is 0 Å². The molecule has 0 aliphatic carbocycles. The molecule has 1 aromatic carbocycles. The van der Waals surface area contributed by atoms with Gasteiger partial charge in [0.25, 0.3) is 0 Å². The molecule has 2 rings (SSSR count). The van der Waals surface area contributed by atoms with E-state index in [0.29, 0.717) is 25.7 Å². The molecule has 0 atom stereocenters. The quantitative estimate of drug-likeness (QED) is 0.609. The standard InChI is InChI=1S/C23H37N3O4/c1-23(2,3)22(28)24-11-8-21(27)25-17-18-6-5-7-20(16-18)30-15-12-26(4)19-9-13-29-14-10-19/h5-7,16,19H,8-15,17H2,1-4H3,(H,24,28)(H,25,27). The normalized spacial score (nSPS) is 15.1. The number of nitrogens with zero attached hydrogens (tertiary/aromatic N) is 1. The van der Waals surface area contributed by atoms with Crippen LogP contribution in [0.5, 0.6) is 5.75 Å². The summed E-state index contributed by atoms with van der Waals surface area (Å²) < 4.78 is 11.3. The summed E-state index contributed by atoms with van der Waals surface area (Å²) in [5, 5.41) is 5.68. The van der Waals surface area contributed by atoms with E-state index in [9.17, 15) is 9.59 Å². The summed E-state index contributed by atoms with van der Waals surface area (Å²) in [5.41, 5.74) is 0.536. The van der Waals surface area contributed by atoms with E-state index in [4.69, 9.17) is 9.47 Å². The van der Waals surface area contributed by atoms with Crippen LogP contribution in [0.15, 0.2) is 24.3 Å². The number of carbonyl (C=O) groups is 2. The van der Waals surface area contributed by atoms with Crippen LogP contribution in [0.1, 0.15) is 45.6 Å². The molecule has 1 fully saturated rings. The van der Waals surface area contributed by atoms with Crippen molar-refractivity contribution >= 4 is 11.8 Å². The van der Waals surface area contributed by atoms with Crippen molar-refractivity contribution in [1.82, 2.24) is 15.5 Å². The van der Waals surface area contributed by atoms with E-state index in [0.717, 1.165) is 43.9 Å². The van der Waals surface area contributed by atoms with Gasteiger partial charge in [0.15, 0.2) is 0 Å². The van der Waals surface area contributed by atoms with Crippen LogP contribution < -0.4 is 15.4 Å². The molecule has 7 heteroatoms. The number of rotatable bonds is 10. The number of likely N-dealkylation sites (N-methyl/N-ethyl adjacent to an activating group) is 1. The van der Waals surface area contributed by atoms with Crippen molar-refractivity contribution in [2.75, 3.05) is 40.0 Å². The second-order valence-electron chi connectivity index (χ2n) is 8.85. The first-order valence-electron chi connectivity index (χ1n) is 10.8. The number of hydrogen-bond donors (Lipinski definition) is 2. The molecule has 0 spiro atoms. The monoisotopic (exact) mass is 419 g/mol. The Kier molecular flexibility index (Phi) is 9.59. The van der Waals surface area contributed by atoms with Crippen molar-refractivity contribution in [3.8, 4) is 5.75 Å². The zero-order chi connectivity index (χ0) is 22.0. The Labute approximate surface area is 180 Å². The molecule has 0 saturated carbocycles. The van der Waals surface area contributed by atoms with Crippen LogP contribution in [0.3, 0.4) is 0 Å². The van der Waals surface area contributed by atoms with E-state index in [-0.39, 0.29) is 18.2 Å². The van der Waals surface area contributed by atoms with Gasteiger partial charge in [-0.25, -0.2) is 0 Å². The minimum atomic E-state index is -0.448. The van der Waals surface area contributed by atoms with Gasteiger partial charge in [-0.2, -0.15) is 0 Å². The Balaban J connectivity index is 1.67. The maximum absolute atomic E-state index is 12.0. The third kappa shape index (κ3) is 8.71. The van der Waals surface area contributed by atoms with Gasteiger partial charge < -0.3 is 20.1 Å².